The average Bonchev–Trinajstić information content (AvgIpc) is 3.26. The van der Waals surface area contributed by atoms with E-state index in [4.69, 9.17) is 11.6 Å². The molecule has 1 amide bonds. The normalized spacial score (nSPS) is 12.9. The van der Waals surface area contributed by atoms with Crippen LogP contribution in [0, 0.1) is 0 Å². The van der Waals surface area contributed by atoms with Crippen molar-refractivity contribution >= 4 is 23.3 Å². The number of carbonyl (C=O) groups is 1. The van der Waals surface area contributed by atoms with Gasteiger partial charge in [0.15, 0.2) is 0 Å². The Hall–Kier alpha value is -2.94. The standard InChI is InChI=1S/C21H24ClN5O3/c1-2-16(11-28)25-20-9-17(6-7-23-20)27-10-18(24-13-27)21(30)26-19(12-29)14-4-3-5-15(22)8-14/h3-10,13,16,19,28-29H,2,11-12H2,1H3,(H,23,25)(H,26,30)/t16-,19-/m1/s1. The summed E-state index contributed by atoms with van der Waals surface area (Å²) in [7, 11) is 0. The van der Waals surface area contributed by atoms with Gasteiger partial charge in [0.1, 0.15) is 17.8 Å². The van der Waals surface area contributed by atoms with Gasteiger partial charge in [-0.3, -0.25) is 4.79 Å². The molecule has 0 aliphatic rings. The number of aliphatic hydroxyl groups is 2. The number of aromatic nitrogens is 3. The van der Waals surface area contributed by atoms with Gasteiger partial charge >= 0.3 is 0 Å². The first-order chi connectivity index (χ1) is 14.5. The van der Waals surface area contributed by atoms with Crippen molar-refractivity contribution < 1.29 is 15.0 Å². The van der Waals surface area contributed by atoms with Gasteiger partial charge in [0.2, 0.25) is 0 Å². The Labute approximate surface area is 179 Å². The number of nitrogens with zero attached hydrogens (tertiary/aromatic N) is 3. The Morgan fingerprint density at radius 2 is 2.03 bits per heavy atom. The number of anilines is 1. The lowest BCUT2D eigenvalue weighted by Crippen LogP contribution is -2.31. The summed E-state index contributed by atoms with van der Waals surface area (Å²) in [4.78, 5) is 21.1. The summed E-state index contributed by atoms with van der Waals surface area (Å²) in [6, 6.07) is 9.89. The third-order valence-electron chi connectivity index (χ3n) is 4.66. The van der Waals surface area contributed by atoms with E-state index >= 15 is 0 Å². The number of hydrogen-bond acceptors (Lipinski definition) is 6. The van der Waals surface area contributed by atoms with Gasteiger partial charge < -0.3 is 25.4 Å². The van der Waals surface area contributed by atoms with Gasteiger partial charge in [0.05, 0.1) is 31.0 Å². The van der Waals surface area contributed by atoms with E-state index in [1.807, 2.05) is 13.0 Å². The van der Waals surface area contributed by atoms with Crippen molar-refractivity contribution in [2.45, 2.75) is 25.4 Å². The molecule has 0 bridgehead atoms. The van der Waals surface area contributed by atoms with E-state index in [0.29, 0.717) is 16.4 Å². The molecule has 0 saturated heterocycles. The van der Waals surface area contributed by atoms with Crippen LogP contribution in [0.1, 0.15) is 35.4 Å². The summed E-state index contributed by atoms with van der Waals surface area (Å²) in [5, 5.41) is 25.5. The predicted molar refractivity (Wildman–Crippen MR) is 115 cm³/mol. The lowest BCUT2D eigenvalue weighted by atomic mass is 10.1. The molecule has 3 rings (SSSR count). The van der Waals surface area contributed by atoms with Crippen molar-refractivity contribution in [1.82, 2.24) is 19.9 Å². The van der Waals surface area contributed by atoms with Crippen LogP contribution in [0.4, 0.5) is 5.82 Å². The molecule has 0 radical (unpaired) electrons. The number of imidazole rings is 1. The highest BCUT2D eigenvalue weighted by molar-refractivity contribution is 6.30. The lowest BCUT2D eigenvalue weighted by Gasteiger charge is -2.16. The minimum Gasteiger partial charge on any atom is -0.394 e. The molecule has 2 aromatic heterocycles. The molecule has 2 heterocycles. The second kappa shape index (κ2) is 10.2. The fourth-order valence-electron chi connectivity index (χ4n) is 2.92. The molecule has 1 aromatic carbocycles. The Bertz CT molecular complexity index is 990. The zero-order chi connectivity index (χ0) is 21.5. The van der Waals surface area contributed by atoms with E-state index in [2.05, 4.69) is 20.6 Å². The molecule has 0 spiro atoms. The third-order valence-corrected chi connectivity index (χ3v) is 4.90. The Kier molecular flexibility index (Phi) is 7.40. The Balaban J connectivity index is 1.73. The monoisotopic (exact) mass is 429 g/mol. The fourth-order valence-corrected chi connectivity index (χ4v) is 3.11. The Morgan fingerprint density at radius 3 is 2.73 bits per heavy atom. The molecular formula is C21H24ClN5O3. The van der Waals surface area contributed by atoms with Gasteiger partial charge in [-0.05, 0) is 30.2 Å². The average molecular weight is 430 g/mol. The first kappa shape index (κ1) is 21.8. The van der Waals surface area contributed by atoms with Crippen LogP contribution in [-0.2, 0) is 0 Å². The Morgan fingerprint density at radius 1 is 1.20 bits per heavy atom. The first-order valence-corrected chi connectivity index (χ1v) is 9.96. The number of hydrogen-bond donors (Lipinski definition) is 4. The SMILES string of the molecule is CC[C@H](CO)Nc1cc(-n2cnc(C(=O)N[C@H](CO)c3cccc(Cl)c3)c2)ccn1. The highest BCUT2D eigenvalue weighted by Gasteiger charge is 2.17. The van der Waals surface area contributed by atoms with Crippen LogP contribution >= 0.6 is 11.6 Å². The molecule has 2 atom stereocenters. The van der Waals surface area contributed by atoms with Crippen LogP contribution in [0.25, 0.3) is 5.69 Å². The maximum absolute atomic E-state index is 12.6. The summed E-state index contributed by atoms with van der Waals surface area (Å²) in [5.41, 5.74) is 1.68. The van der Waals surface area contributed by atoms with Gasteiger partial charge in [-0.25, -0.2) is 9.97 Å². The fraction of sp³-hybridized carbons (Fsp3) is 0.286. The maximum atomic E-state index is 12.6. The molecule has 4 N–H and O–H groups in total. The van der Waals surface area contributed by atoms with Crippen LogP contribution < -0.4 is 10.6 Å². The highest BCUT2D eigenvalue weighted by Crippen LogP contribution is 2.18. The maximum Gasteiger partial charge on any atom is 0.272 e. The van der Waals surface area contributed by atoms with E-state index in [1.54, 1.807) is 47.3 Å². The van der Waals surface area contributed by atoms with E-state index in [-0.39, 0.29) is 24.9 Å². The second-order valence-electron chi connectivity index (χ2n) is 6.76. The molecule has 0 aliphatic heterocycles. The molecular weight excluding hydrogens is 406 g/mol. The smallest absolute Gasteiger partial charge is 0.272 e. The molecule has 0 unspecified atom stereocenters. The minimum atomic E-state index is -0.595. The quantitative estimate of drug-likeness (QED) is 0.416. The molecule has 0 saturated carbocycles. The summed E-state index contributed by atoms with van der Waals surface area (Å²) < 4.78 is 1.70. The predicted octanol–water partition coefficient (Wildman–Crippen LogP) is 2.57. The van der Waals surface area contributed by atoms with E-state index in [1.165, 1.54) is 6.33 Å². The second-order valence-corrected chi connectivity index (χ2v) is 7.20. The van der Waals surface area contributed by atoms with Gasteiger partial charge in [0, 0.05) is 23.5 Å². The number of rotatable bonds is 9. The number of amides is 1. The van der Waals surface area contributed by atoms with Crippen molar-refractivity contribution in [3.05, 3.63) is 71.4 Å². The van der Waals surface area contributed by atoms with E-state index < -0.39 is 11.9 Å². The topological polar surface area (TPSA) is 112 Å². The van der Waals surface area contributed by atoms with Gasteiger partial charge in [-0.15, -0.1) is 0 Å². The van der Waals surface area contributed by atoms with E-state index in [9.17, 15) is 15.0 Å². The number of aliphatic hydroxyl groups excluding tert-OH is 2. The van der Waals surface area contributed by atoms with Crippen molar-refractivity contribution in [2.24, 2.45) is 0 Å². The van der Waals surface area contributed by atoms with Crippen molar-refractivity contribution in [3.63, 3.8) is 0 Å². The zero-order valence-corrected chi connectivity index (χ0v) is 17.3. The summed E-state index contributed by atoms with van der Waals surface area (Å²) in [6.45, 7) is 1.72. The highest BCUT2D eigenvalue weighted by atomic mass is 35.5. The molecule has 0 aliphatic carbocycles. The molecule has 158 valence electrons. The number of halogens is 1. The first-order valence-electron chi connectivity index (χ1n) is 9.59. The van der Waals surface area contributed by atoms with Crippen molar-refractivity contribution in [3.8, 4) is 5.69 Å². The summed E-state index contributed by atoms with van der Waals surface area (Å²) in [5.74, 6) is 0.209. The number of benzene rings is 1. The summed E-state index contributed by atoms with van der Waals surface area (Å²) in [6.07, 6.45) is 5.54. The molecule has 9 heteroatoms. The zero-order valence-electron chi connectivity index (χ0n) is 16.5. The number of carbonyl (C=O) groups excluding carboxylic acids is 1. The van der Waals surface area contributed by atoms with Crippen LogP contribution in [0.5, 0.6) is 0 Å². The van der Waals surface area contributed by atoms with Crippen LogP contribution in [0.15, 0.2) is 55.1 Å². The lowest BCUT2D eigenvalue weighted by molar-refractivity contribution is 0.0911. The summed E-state index contributed by atoms with van der Waals surface area (Å²) >= 11 is 6.00. The minimum absolute atomic E-state index is 0.0104. The largest absolute Gasteiger partial charge is 0.394 e. The number of nitrogens with one attached hydrogen (secondary N) is 2. The molecule has 8 nitrogen and oxygen atoms in total. The number of pyridine rings is 1. The van der Waals surface area contributed by atoms with Crippen molar-refractivity contribution in [2.75, 3.05) is 18.5 Å². The van der Waals surface area contributed by atoms with Gasteiger partial charge in [0.25, 0.3) is 5.91 Å². The van der Waals surface area contributed by atoms with Crippen LogP contribution in [0.2, 0.25) is 5.02 Å². The third kappa shape index (κ3) is 5.35. The van der Waals surface area contributed by atoms with Crippen LogP contribution in [0.3, 0.4) is 0 Å². The van der Waals surface area contributed by atoms with Crippen molar-refractivity contribution in [1.29, 1.82) is 0 Å². The van der Waals surface area contributed by atoms with Crippen LogP contribution in [-0.4, -0.2) is 49.9 Å². The van der Waals surface area contributed by atoms with E-state index in [0.717, 1.165) is 12.1 Å². The van der Waals surface area contributed by atoms with Gasteiger partial charge in [-0.1, -0.05) is 30.7 Å². The van der Waals surface area contributed by atoms with Gasteiger partial charge in [-0.2, -0.15) is 0 Å². The molecule has 3 aromatic rings. The molecule has 0 fully saturated rings. The molecule has 30 heavy (non-hydrogen) atoms.